The van der Waals surface area contributed by atoms with Crippen LogP contribution in [-0.2, 0) is 18.3 Å². The minimum absolute atomic E-state index is 0. The van der Waals surface area contributed by atoms with Crippen molar-refractivity contribution in [3.8, 4) is 0 Å². The molecule has 1 aliphatic rings. The Hall–Kier alpha value is -0.410. The van der Waals surface area contributed by atoms with E-state index in [9.17, 15) is 0 Å². The largest absolute Gasteiger partial charge is 0.381 e. The highest BCUT2D eigenvalue weighted by molar-refractivity contribution is 14.0. The molecule has 0 unspecified atom stereocenters. The Kier molecular flexibility index (Phi) is 8.63. The summed E-state index contributed by atoms with van der Waals surface area (Å²) in [5.41, 5.74) is 1.26. The van der Waals surface area contributed by atoms with Crippen molar-refractivity contribution in [2.45, 2.75) is 24.1 Å². The fraction of sp³-hybridized carbons (Fsp3) is 0.667. The van der Waals surface area contributed by atoms with Gasteiger partial charge in [0.15, 0.2) is 5.96 Å². The van der Waals surface area contributed by atoms with E-state index in [1.54, 1.807) is 0 Å². The summed E-state index contributed by atoms with van der Waals surface area (Å²) < 4.78 is 7.80. The zero-order chi connectivity index (χ0) is 15.1. The lowest BCUT2D eigenvalue weighted by molar-refractivity contribution is 0.0783. The fourth-order valence-corrected chi connectivity index (χ4v) is 3.30. The van der Waals surface area contributed by atoms with E-state index in [1.807, 2.05) is 25.9 Å². The molecule has 1 fully saturated rings. The Morgan fingerprint density at radius 1 is 1.41 bits per heavy atom. The van der Waals surface area contributed by atoms with Crippen molar-refractivity contribution in [3.63, 3.8) is 0 Å². The number of nitrogens with one attached hydrogen (secondary N) is 2. The zero-order valence-electron chi connectivity index (χ0n) is 13.6. The lowest BCUT2D eigenvalue weighted by atomic mass is 9.99. The third kappa shape index (κ3) is 5.66. The first-order valence-corrected chi connectivity index (χ1v) is 8.58. The molecule has 0 bridgehead atoms. The summed E-state index contributed by atoms with van der Waals surface area (Å²) in [5.74, 6) is 0.860. The van der Waals surface area contributed by atoms with Crippen molar-refractivity contribution < 1.29 is 4.74 Å². The van der Waals surface area contributed by atoms with E-state index in [1.165, 1.54) is 5.56 Å². The second-order valence-corrected chi connectivity index (χ2v) is 6.74. The molecule has 5 nitrogen and oxygen atoms in total. The minimum Gasteiger partial charge on any atom is -0.381 e. The summed E-state index contributed by atoms with van der Waals surface area (Å²) in [7, 11) is 3.85. The number of rotatable bonds is 5. The maximum absolute atomic E-state index is 5.48. The van der Waals surface area contributed by atoms with Gasteiger partial charge in [0, 0.05) is 57.5 Å². The average Bonchev–Trinajstić information content (AvgIpc) is 2.94. The molecular formula is C15H27IN4OS. The lowest BCUT2D eigenvalue weighted by Crippen LogP contribution is -2.47. The maximum Gasteiger partial charge on any atom is 0.191 e. The summed E-state index contributed by atoms with van der Waals surface area (Å²) in [4.78, 5) is 4.31. The third-order valence-corrected chi connectivity index (χ3v) is 5.41. The van der Waals surface area contributed by atoms with Crippen LogP contribution in [0.25, 0.3) is 0 Å². The molecular weight excluding hydrogens is 411 g/mol. The molecule has 1 saturated heterocycles. The van der Waals surface area contributed by atoms with Crippen LogP contribution in [0.5, 0.6) is 0 Å². The number of ether oxygens (including phenoxy) is 1. The van der Waals surface area contributed by atoms with Crippen LogP contribution in [0, 0.1) is 0 Å². The van der Waals surface area contributed by atoms with E-state index in [-0.39, 0.29) is 28.7 Å². The summed E-state index contributed by atoms with van der Waals surface area (Å²) in [6.07, 6.45) is 8.54. The van der Waals surface area contributed by atoms with Crippen LogP contribution in [0.15, 0.2) is 23.5 Å². The number of halogens is 1. The van der Waals surface area contributed by atoms with Gasteiger partial charge < -0.3 is 19.9 Å². The number of hydrogen-bond donors (Lipinski definition) is 2. The normalized spacial score (nSPS) is 17.7. The van der Waals surface area contributed by atoms with Gasteiger partial charge in [0.1, 0.15) is 0 Å². The molecule has 1 aromatic heterocycles. The van der Waals surface area contributed by atoms with Gasteiger partial charge >= 0.3 is 0 Å². The number of nitrogens with zero attached hydrogens (tertiary/aromatic N) is 2. The second kappa shape index (κ2) is 9.67. The van der Waals surface area contributed by atoms with Crippen LogP contribution in [0.1, 0.15) is 18.4 Å². The highest BCUT2D eigenvalue weighted by Crippen LogP contribution is 2.32. The Morgan fingerprint density at radius 3 is 2.68 bits per heavy atom. The van der Waals surface area contributed by atoms with Crippen LogP contribution in [0.3, 0.4) is 0 Å². The first-order chi connectivity index (χ1) is 10.2. The van der Waals surface area contributed by atoms with Gasteiger partial charge in [0.25, 0.3) is 0 Å². The molecule has 0 atom stereocenters. The van der Waals surface area contributed by atoms with E-state index >= 15 is 0 Å². The molecule has 0 radical (unpaired) electrons. The Balaban J connectivity index is 0.00000242. The molecule has 1 aliphatic heterocycles. The van der Waals surface area contributed by atoms with E-state index in [4.69, 9.17) is 4.74 Å². The van der Waals surface area contributed by atoms with Crippen molar-refractivity contribution in [2.24, 2.45) is 12.0 Å². The molecule has 0 saturated carbocycles. The molecule has 0 aromatic carbocycles. The predicted octanol–water partition coefficient (Wildman–Crippen LogP) is 2.22. The smallest absolute Gasteiger partial charge is 0.191 e. The van der Waals surface area contributed by atoms with Crippen LogP contribution < -0.4 is 10.6 Å². The van der Waals surface area contributed by atoms with E-state index in [0.717, 1.165) is 45.1 Å². The third-order valence-electron chi connectivity index (χ3n) is 3.99. The molecule has 2 N–H and O–H groups in total. The van der Waals surface area contributed by atoms with Gasteiger partial charge in [-0.3, -0.25) is 4.99 Å². The summed E-state index contributed by atoms with van der Waals surface area (Å²) in [6, 6.07) is 2.11. The molecule has 2 heterocycles. The summed E-state index contributed by atoms with van der Waals surface area (Å²) in [5, 5.41) is 6.83. The topological polar surface area (TPSA) is 50.6 Å². The number of aryl methyl sites for hydroxylation is 1. The Bertz CT molecular complexity index is 472. The molecule has 126 valence electrons. The van der Waals surface area contributed by atoms with Crippen molar-refractivity contribution in [1.29, 1.82) is 0 Å². The molecule has 22 heavy (non-hydrogen) atoms. The average molecular weight is 438 g/mol. The molecule has 0 spiro atoms. The minimum atomic E-state index is 0. The van der Waals surface area contributed by atoms with Crippen LogP contribution in [-0.4, -0.2) is 48.3 Å². The molecule has 2 rings (SSSR count). The van der Waals surface area contributed by atoms with E-state index in [2.05, 4.69) is 44.9 Å². The van der Waals surface area contributed by atoms with Gasteiger partial charge in [0.2, 0.25) is 0 Å². The SMILES string of the molecule is CN=C(NCc1ccn(C)c1)NCC1(SC)CCOCC1.I. The number of guanidine groups is 1. The summed E-state index contributed by atoms with van der Waals surface area (Å²) >= 11 is 1.93. The van der Waals surface area contributed by atoms with Gasteiger partial charge in [0.05, 0.1) is 0 Å². The zero-order valence-corrected chi connectivity index (χ0v) is 16.7. The first-order valence-electron chi connectivity index (χ1n) is 7.36. The molecule has 0 aliphatic carbocycles. The van der Waals surface area contributed by atoms with E-state index < -0.39 is 0 Å². The fourth-order valence-electron chi connectivity index (χ4n) is 2.51. The van der Waals surface area contributed by atoms with Crippen molar-refractivity contribution >= 4 is 41.7 Å². The van der Waals surface area contributed by atoms with Crippen LogP contribution in [0.4, 0.5) is 0 Å². The van der Waals surface area contributed by atoms with Gasteiger partial charge in [-0.1, -0.05) is 0 Å². The molecule has 1 aromatic rings. The predicted molar refractivity (Wildman–Crippen MR) is 105 cm³/mol. The van der Waals surface area contributed by atoms with Crippen LogP contribution >= 0.6 is 35.7 Å². The second-order valence-electron chi connectivity index (χ2n) is 5.46. The van der Waals surface area contributed by atoms with Crippen molar-refractivity contribution in [3.05, 3.63) is 24.0 Å². The van der Waals surface area contributed by atoms with Gasteiger partial charge in [-0.05, 0) is 30.7 Å². The Labute approximate surface area is 154 Å². The van der Waals surface area contributed by atoms with Gasteiger partial charge in [-0.25, -0.2) is 0 Å². The van der Waals surface area contributed by atoms with Crippen LogP contribution in [0.2, 0.25) is 0 Å². The number of aliphatic imine (C=N–C) groups is 1. The number of aromatic nitrogens is 1. The molecule has 7 heteroatoms. The highest BCUT2D eigenvalue weighted by atomic mass is 127. The van der Waals surface area contributed by atoms with E-state index in [0.29, 0.717) is 0 Å². The highest BCUT2D eigenvalue weighted by Gasteiger charge is 2.31. The van der Waals surface area contributed by atoms with Gasteiger partial charge in [-0.2, -0.15) is 11.8 Å². The lowest BCUT2D eigenvalue weighted by Gasteiger charge is -2.36. The van der Waals surface area contributed by atoms with Crippen molar-refractivity contribution in [1.82, 2.24) is 15.2 Å². The molecule has 0 amide bonds. The quantitative estimate of drug-likeness (QED) is 0.421. The first kappa shape index (κ1) is 19.6. The summed E-state index contributed by atoms with van der Waals surface area (Å²) in [6.45, 7) is 3.43. The maximum atomic E-state index is 5.48. The monoisotopic (exact) mass is 438 g/mol. The number of thioether (sulfide) groups is 1. The standard InChI is InChI=1S/C15H26N4OS.HI/c1-16-14(17-10-13-4-7-19(2)11-13)18-12-15(21-3)5-8-20-9-6-15;/h4,7,11H,5-6,8-10,12H2,1-3H3,(H2,16,17,18);1H. The van der Waals surface area contributed by atoms with Gasteiger partial charge in [-0.15, -0.1) is 24.0 Å². The number of hydrogen-bond acceptors (Lipinski definition) is 3. The van der Waals surface area contributed by atoms with Crippen molar-refractivity contribution in [2.75, 3.05) is 33.1 Å². The Morgan fingerprint density at radius 2 is 2.14 bits per heavy atom.